The topological polar surface area (TPSA) is 48.6 Å². The number of Topliss-reactive ketones (excluding diaryl/α,β-unsaturated/α-hetero) is 1. The zero-order valence-corrected chi connectivity index (χ0v) is 14.1. The standard InChI is InChI=1S/C21H20N2O/c1-12-4-6-19-15(8-12)17(10-22-19)21(14(3)24)18-11-23-20-7-5-13(2)9-16(18)20/h4-11,21-23H,1-3H3. The van der Waals surface area contributed by atoms with Gasteiger partial charge in [-0.15, -0.1) is 0 Å². The lowest BCUT2D eigenvalue weighted by molar-refractivity contribution is -0.117. The molecule has 0 aliphatic rings. The predicted octanol–water partition coefficient (Wildman–Crippen LogP) is 4.99. The molecule has 0 aliphatic carbocycles. The second kappa shape index (κ2) is 5.38. The van der Waals surface area contributed by atoms with Gasteiger partial charge in [-0.2, -0.15) is 0 Å². The largest absolute Gasteiger partial charge is 0.361 e. The number of carbonyl (C=O) groups is 1. The Labute approximate surface area is 140 Å². The van der Waals surface area contributed by atoms with Crippen LogP contribution in [0.5, 0.6) is 0 Å². The van der Waals surface area contributed by atoms with Gasteiger partial charge in [-0.05, 0) is 56.2 Å². The predicted molar refractivity (Wildman–Crippen MR) is 98.6 cm³/mol. The molecule has 3 heteroatoms. The molecule has 2 heterocycles. The monoisotopic (exact) mass is 316 g/mol. The number of ketones is 1. The van der Waals surface area contributed by atoms with E-state index in [1.165, 1.54) is 11.1 Å². The number of fused-ring (bicyclic) bond motifs is 2. The van der Waals surface area contributed by atoms with Crippen LogP contribution in [0.15, 0.2) is 48.8 Å². The van der Waals surface area contributed by atoms with Gasteiger partial charge >= 0.3 is 0 Å². The average molecular weight is 316 g/mol. The molecule has 4 aromatic rings. The molecule has 0 bridgehead atoms. The first-order chi connectivity index (χ1) is 11.5. The Morgan fingerprint density at radius 3 is 1.71 bits per heavy atom. The second-order valence-corrected chi connectivity index (χ2v) is 6.63. The van der Waals surface area contributed by atoms with E-state index in [-0.39, 0.29) is 11.7 Å². The van der Waals surface area contributed by atoms with Crippen molar-refractivity contribution < 1.29 is 4.79 Å². The van der Waals surface area contributed by atoms with Crippen molar-refractivity contribution in [2.75, 3.05) is 0 Å². The smallest absolute Gasteiger partial charge is 0.141 e. The van der Waals surface area contributed by atoms with Gasteiger partial charge in [-0.25, -0.2) is 0 Å². The maximum Gasteiger partial charge on any atom is 0.141 e. The maximum atomic E-state index is 12.6. The summed E-state index contributed by atoms with van der Waals surface area (Å²) in [6.45, 7) is 5.83. The summed E-state index contributed by atoms with van der Waals surface area (Å²) >= 11 is 0. The fourth-order valence-electron chi connectivity index (χ4n) is 3.60. The summed E-state index contributed by atoms with van der Waals surface area (Å²) < 4.78 is 0. The van der Waals surface area contributed by atoms with Gasteiger partial charge in [0.1, 0.15) is 5.78 Å². The minimum atomic E-state index is -0.268. The van der Waals surface area contributed by atoms with Crippen LogP contribution in [-0.2, 0) is 4.79 Å². The van der Waals surface area contributed by atoms with Gasteiger partial charge < -0.3 is 9.97 Å². The summed E-state index contributed by atoms with van der Waals surface area (Å²) in [7, 11) is 0. The number of rotatable bonds is 3. The van der Waals surface area contributed by atoms with Gasteiger partial charge in [0.25, 0.3) is 0 Å². The lowest BCUT2D eigenvalue weighted by Crippen LogP contribution is -2.09. The van der Waals surface area contributed by atoms with E-state index in [4.69, 9.17) is 0 Å². The summed E-state index contributed by atoms with van der Waals surface area (Å²) in [6.07, 6.45) is 3.95. The third-order valence-electron chi connectivity index (χ3n) is 4.77. The van der Waals surface area contributed by atoms with Gasteiger partial charge in [-0.3, -0.25) is 4.79 Å². The Kier molecular flexibility index (Phi) is 3.31. The number of carbonyl (C=O) groups excluding carboxylic acids is 1. The minimum Gasteiger partial charge on any atom is -0.361 e. The van der Waals surface area contributed by atoms with Crippen LogP contribution in [0.1, 0.15) is 35.1 Å². The van der Waals surface area contributed by atoms with Gasteiger partial charge in [0, 0.05) is 34.2 Å². The van der Waals surface area contributed by atoms with E-state index < -0.39 is 0 Å². The first kappa shape index (κ1) is 14.8. The molecule has 0 fully saturated rings. The number of aromatic nitrogens is 2. The van der Waals surface area contributed by atoms with Crippen LogP contribution in [0, 0.1) is 13.8 Å². The first-order valence-electron chi connectivity index (χ1n) is 8.20. The summed E-state index contributed by atoms with van der Waals surface area (Å²) in [5.41, 5.74) is 6.61. The van der Waals surface area contributed by atoms with E-state index >= 15 is 0 Å². The molecule has 120 valence electrons. The highest BCUT2D eigenvalue weighted by Gasteiger charge is 2.25. The van der Waals surface area contributed by atoms with E-state index in [1.54, 1.807) is 6.92 Å². The molecule has 0 aliphatic heterocycles. The van der Waals surface area contributed by atoms with Crippen molar-refractivity contribution in [3.63, 3.8) is 0 Å². The van der Waals surface area contributed by atoms with Gasteiger partial charge in [0.15, 0.2) is 0 Å². The van der Waals surface area contributed by atoms with Crippen molar-refractivity contribution >= 4 is 27.6 Å². The van der Waals surface area contributed by atoms with E-state index in [1.807, 2.05) is 12.4 Å². The van der Waals surface area contributed by atoms with Crippen LogP contribution in [0.25, 0.3) is 21.8 Å². The highest BCUT2D eigenvalue weighted by atomic mass is 16.1. The van der Waals surface area contributed by atoms with Crippen molar-refractivity contribution in [1.82, 2.24) is 9.97 Å². The Balaban J connectivity index is 1.98. The van der Waals surface area contributed by atoms with E-state index in [2.05, 4.69) is 60.2 Å². The molecule has 2 aromatic carbocycles. The maximum absolute atomic E-state index is 12.6. The van der Waals surface area contributed by atoms with E-state index in [9.17, 15) is 4.79 Å². The molecule has 24 heavy (non-hydrogen) atoms. The van der Waals surface area contributed by atoms with Gasteiger partial charge in [-0.1, -0.05) is 23.3 Å². The molecule has 4 rings (SSSR count). The van der Waals surface area contributed by atoms with Crippen LogP contribution in [0.4, 0.5) is 0 Å². The number of nitrogens with one attached hydrogen (secondary N) is 2. The Morgan fingerprint density at radius 1 is 0.833 bits per heavy atom. The van der Waals surface area contributed by atoms with Crippen LogP contribution >= 0.6 is 0 Å². The first-order valence-corrected chi connectivity index (χ1v) is 8.20. The molecule has 0 saturated heterocycles. The molecule has 2 N–H and O–H groups in total. The number of aromatic amines is 2. The van der Waals surface area contributed by atoms with Crippen molar-refractivity contribution in [1.29, 1.82) is 0 Å². The quantitative estimate of drug-likeness (QED) is 0.550. The highest BCUT2D eigenvalue weighted by molar-refractivity contribution is 5.98. The van der Waals surface area contributed by atoms with Crippen LogP contribution < -0.4 is 0 Å². The van der Waals surface area contributed by atoms with Gasteiger partial charge in [0.05, 0.1) is 5.92 Å². The Hall–Kier alpha value is -2.81. The molecule has 0 spiro atoms. The molecule has 0 amide bonds. The van der Waals surface area contributed by atoms with Crippen molar-refractivity contribution in [3.8, 4) is 0 Å². The zero-order chi connectivity index (χ0) is 16.8. The molecule has 0 atom stereocenters. The minimum absolute atomic E-state index is 0.153. The summed E-state index contributed by atoms with van der Waals surface area (Å²) in [4.78, 5) is 19.2. The van der Waals surface area contributed by atoms with Crippen molar-refractivity contribution in [3.05, 3.63) is 71.0 Å². The molecule has 3 nitrogen and oxygen atoms in total. The number of benzene rings is 2. The number of aryl methyl sites for hydroxylation is 2. The number of H-pyrrole nitrogens is 2. The second-order valence-electron chi connectivity index (χ2n) is 6.63. The summed E-state index contributed by atoms with van der Waals surface area (Å²) in [6, 6.07) is 12.6. The molecule has 2 aromatic heterocycles. The number of hydrogen-bond acceptors (Lipinski definition) is 1. The highest BCUT2D eigenvalue weighted by Crippen LogP contribution is 2.36. The summed E-state index contributed by atoms with van der Waals surface area (Å²) in [5.74, 6) is -0.115. The normalized spacial score (nSPS) is 11.7. The zero-order valence-electron chi connectivity index (χ0n) is 14.1. The van der Waals surface area contributed by atoms with Crippen molar-refractivity contribution in [2.24, 2.45) is 0 Å². The SMILES string of the molecule is CC(=O)C(c1c[nH]c2ccc(C)cc12)c1c[nH]c2ccc(C)cc12. The van der Waals surface area contributed by atoms with Crippen LogP contribution in [-0.4, -0.2) is 15.8 Å². The summed E-state index contributed by atoms with van der Waals surface area (Å²) in [5, 5.41) is 2.24. The molecular weight excluding hydrogens is 296 g/mol. The molecule has 0 radical (unpaired) electrons. The van der Waals surface area contributed by atoms with E-state index in [0.29, 0.717) is 0 Å². The van der Waals surface area contributed by atoms with Crippen molar-refractivity contribution in [2.45, 2.75) is 26.7 Å². The van der Waals surface area contributed by atoms with Crippen LogP contribution in [0.3, 0.4) is 0 Å². The fraction of sp³-hybridized carbons (Fsp3) is 0.190. The Bertz CT molecular complexity index is 988. The lowest BCUT2D eigenvalue weighted by atomic mass is 9.87. The third-order valence-corrected chi connectivity index (χ3v) is 4.77. The molecular formula is C21H20N2O. The Morgan fingerprint density at radius 2 is 1.29 bits per heavy atom. The number of hydrogen-bond donors (Lipinski definition) is 2. The van der Waals surface area contributed by atoms with Crippen LogP contribution in [0.2, 0.25) is 0 Å². The molecule has 0 unspecified atom stereocenters. The average Bonchev–Trinajstić information content (AvgIpc) is 3.12. The fourth-order valence-corrected chi connectivity index (χ4v) is 3.60. The lowest BCUT2D eigenvalue weighted by Gasteiger charge is -2.13. The molecule has 0 saturated carbocycles. The van der Waals surface area contributed by atoms with Gasteiger partial charge in [0.2, 0.25) is 0 Å². The van der Waals surface area contributed by atoms with E-state index in [0.717, 1.165) is 32.9 Å². The third kappa shape index (κ3) is 2.24.